The van der Waals surface area contributed by atoms with Gasteiger partial charge < -0.3 is 9.47 Å². The predicted molar refractivity (Wildman–Crippen MR) is 108 cm³/mol. The molecule has 0 amide bonds. The van der Waals surface area contributed by atoms with Gasteiger partial charge in [0.1, 0.15) is 12.2 Å². The first kappa shape index (κ1) is 18.2. The summed E-state index contributed by atoms with van der Waals surface area (Å²) in [5, 5.41) is 2.29. The normalized spacial score (nSPS) is 16.8. The molecular weight excluding hydrogens is 352 g/mol. The Morgan fingerprint density at radius 2 is 1.39 bits per heavy atom. The summed E-state index contributed by atoms with van der Waals surface area (Å²) < 4.78 is 10.6. The highest BCUT2D eigenvalue weighted by Crippen LogP contribution is 2.49. The molecule has 142 valence electrons. The van der Waals surface area contributed by atoms with Crippen LogP contribution in [0.15, 0.2) is 48.5 Å². The van der Waals surface area contributed by atoms with Crippen molar-refractivity contribution in [1.82, 2.24) is 0 Å². The number of ether oxygens (including phenoxy) is 2. The Morgan fingerprint density at radius 3 is 2.07 bits per heavy atom. The standard InChI is InChI=1S/C24H22O4/c1-14-8-19-20-10-17-6-4-5-7-18(17)11-22(20)23(21(19)9-15(14)2)24(28-13-26)16(3)27-12-25/h4-13,16,23-24H,1-3H3. The van der Waals surface area contributed by atoms with Crippen molar-refractivity contribution >= 4 is 23.7 Å². The summed E-state index contributed by atoms with van der Waals surface area (Å²) >= 11 is 0. The van der Waals surface area contributed by atoms with Crippen LogP contribution in [0.1, 0.15) is 35.1 Å². The van der Waals surface area contributed by atoms with E-state index in [2.05, 4.69) is 50.2 Å². The first-order chi connectivity index (χ1) is 13.5. The van der Waals surface area contributed by atoms with Gasteiger partial charge in [-0.25, -0.2) is 0 Å². The van der Waals surface area contributed by atoms with Gasteiger partial charge in [-0.05, 0) is 77.1 Å². The number of fused-ring (bicyclic) bond motifs is 4. The highest BCUT2D eigenvalue weighted by Gasteiger charge is 2.39. The molecule has 0 spiro atoms. The van der Waals surface area contributed by atoms with Crippen molar-refractivity contribution in [3.05, 3.63) is 70.8 Å². The Bertz CT molecular complexity index is 1070. The molecule has 0 saturated carbocycles. The van der Waals surface area contributed by atoms with Crippen molar-refractivity contribution in [2.24, 2.45) is 0 Å². The lowest BCUT2D eigenvalue weighted by Gasteiger charge is -2.28. The maximum absolute atomic E-state index is 11.3. The predicted octanol–water partition coefficient (Wildman–Crippen LogP) is 4.67. The van der Waals surface area contributed by atoms with Crippen LogP contribution in [0.2, 0.25) is 0 Å². The zero-order valence-corrected chi connectivity index (χ0v) is 16.1. The second-order valence-corrected chi connectivity index (χ2v) is 7.42. The molecule has 1 aliphatic carbocycles. The second-order valence-electron chi connectivity index (χ2n) is 7.42. The number of aryl methyl sites for hydroxylation is 2. The lowest BCUT2D eigenvalue weighted by atomic mass is 9.87. The third kappa shape index (κ3) is 2.85. The van der Waals surface area contributed by atoms with E-state index in [9.17, 15) is 9.59 Å². The molecule has 28 heavy (non-hydrogen) atoms. The molecule has 1 aliphatic rings. The van der Waals surface area contributed by atoms with Gasteiger partial charge in [-0.2, -0.15) is 0 Å². The monoisotopic (exact) mass is 374 g/mol. The minimum Gasteiger partial charge on any atom is -0.461 e. The van der Waals surface area contributed by atoms with Gasteiger partial charge in [-0.3, -0.25) is 9.59 Å². The molecule has 3 aromatic carbocycles. The fourth-order valence-corrected chi connectivity index (χ4v) is 4.29. The van der Waals surface area contributed by atoms with Gasteiger partial charge in [0.15, 0.2) is 0 Å². The summed E-state index contributed by atoms with van der Waals surface area (Å²) in [6.07, 6.45) is -1.18. The maximum Gasteiger partial charge on any atom is 0.293 e. The van der Waals surface area contributed by atoms with Crippen molar-refractivity contribution in [3.8, 4) is 11.1 Å². The van der Waals surface area contributed by atoms with Gasteiger partial charge in [0.05, 0.1) is 5.92 Å². The van der Waals surface area contributed by atoms with Crippen LogP contribution in [0.4, 0.5) is 0 Å². The van der Waals surface area contributed by atoms with Crippen molar-refractivity contribution in [2.75, 3.05) is 0 Å². The molecule has 3 atom stereocenters. The fraction of sp³-hybridized carbons (Fsp3) is 0.250. The molecular formula is C24H22O4. The third-order valence-electron chi connectivity index (χ3n) is 5.82. The van der Waals surface area contributed by atoms with Crippen LogP contribution in [0.3, 0.4) is 0 Å². The molecule has 0 bridgehead atoms. The SMILES string of the molecule is Cc1cc2c(cc1C)C(C(OC=O)C(C)OC=O)c1cc3ccccc3cc1-2. The Hall–Kier alpha value is -3.14. The first-order valence-corrected chi connectivity index (χ1v) is 9.37. The average molecular weight is 374 g/mol. The molecule has 0 radical (unpaired) electrons. The van der Waals surface area contributed by atoms with Gasteiger partial charge in [0.25, 0.3) is 12.9 Å². The van der Waals surface area contributed by atoms with Gasteiger partial charge in [0, 0.05) is 0 Å². The van der Waals surface area contributed by atoms with Gasteiger partial charge in [-0.1, -0.05) is 36.4 Å². The first-order valence-electron chi connectivity index (χ1n) is 9.37. The summed E-state index contributed by atoms with van der Waals surface area (Å²) in [6.45, 7) is 6.77. The number of hydrogen-bond acceptors (Lipinski definition) is 4. The molecule has 0 fully saturated rings. The van der Waals surface area contributed by atoms with Crippen molar-refractivity contribution < 1.29 is 19.1 Å². The number of carbonyl (C=O) groups excluding carboxylic acids is 2. The Labute approximate surface area is 164 Å². The summed E-state index contributed by atoms with van der Waals surface area (Å²) in [4.78, 5) is 22.2. The van der Waals surface area contributed by atoms with E-state index >= 15 is 0 Å². The van der Waals surface area contributed by atoms with Crippen LogP contribution < -0.4 is 0 Å². The summed E-state index contributed by atoms with van der Waals surface area (Å²) in [7, 11) is 0. The Kier molecular flexibility index (Phi) is 4.63. The van der Waals surface area contributed by atoms with E-state index in [1.54, 1.807) is 6.92 Å². The number of rotatable bonds is 6. The zero-order valence-electron chi connectivity index (χ0n) is 16.1. The lowest BCUT2D eigenvalue weighted by molar-refractivity contribution is -0.150. The molecule has 0 aliphatic heterocycles. The molecule has 0 N–H and O–H groups in total. The van der Waals surface area contributed by atoms with E-state index in [-0.39, 0.29) is 5.92 Å². The number of hydrogen-bond donors (Lipinski definition) is 0. The molecule has 3 unspecified atom stereocenters. The van der Waals surface area contributed by atoms with E-state index in [1.165, 1.54) is 11.1 Å². The van der Waals surface area contributed by atoms with Crippen LogP contribution in [-0.4, -0.2) is 25.2 Å². The van der Waals surface area contributed by atoms with Gasteiger partial charge in [-0.15, -0.1) is 0 Å². The lowest BCUT2D eigenvalue weighted by Crippen LogP contribution is -2.34. The summed E-state index contributed by atoms with van der Waals surface area (Å²) in [5.41, 5.74) is 6.86. The fourth-order valence-electron chi connectivity index (χ4n) is 4.29. The van der Waals surface area contributed by atoms with E-state index in [0.29, 0.717) is 12.9 Å². The minimum atomic E-state index is -0.606. The third-order valence-corrected chi connectivity index (χ3v) is 5.82. The molecule has 0 aromatic heterocycles. The van der Waals surface area contributed by atoms with E-state index in [1.807, 2.05) is 12.1 Å². The molecule has 4 rings (SSSR count). The Morgan fingerprint density at radius 1 is 0.821 bits per heavy atom. The van der Waals surface area contributed by atoms with Crippen LogP contribution in [0.5, 0.6) is 0 Å². The van der Waals surface area contributed by atoms with Crippen LogP contribution in [-0.2, 0) is 19.1 Å². The van der Waals surface area contributed by atoms with Crippen LogP contribution in [0, 0.1) is 13.8 Å². The summed E-state index contributed by atoms with van der Waals surface area (Å²) in [5.74, 6) is -0.200. The number of carbonyl (C=O) groups is 2. The molecule has 4 heteroatoms. The maximum atomic E-state index is 11.3. The van der Waals surface area contributed by atoms with Gasteiger partial charge in [0.2, 0.25) is 0 Å². The zero-order chi connectivity index (χ0) is 19.8. The van der Waals surface area contributed by atoms with Crippen molar-refractivity contribution in [1.29, 1.82) is 0 Å². The highest BCUT2D eigenvalue weighted by atomic mass is 16.6. The van der Waals surface area contributed by atoms with E-state index in [0.717, 1.165) is 33.0 Å². The van der Waals surface area contributed by atoms with Crippen LogP contribution in [0.25, 0.3) is 21.9 Å². The van der Waals surface area contributed by atoms with Crippen molar-refractivity contribution in [3.63, 3.8) is 0 Å². The topological polar surface area (TPSA) is 52.6 Å². The van der Waals surface area contributed by atoms with E-state index < -0.39 is 12.2 Å². The smallest absolute Gasteiger partial charge is 0.293 e. The molecule has 0 heterocycles. The van der Waals surface area contributed by atoms with E-state index in [4.69, 9.17) is 9.47 Å². The Balaban J connectivity index is 1.98. The average Bonchev–Trinajstić information content (AvgIpc) is 2.97. The molecule has 4 nitrogen and oxygen atoms in total. The largest absolute Gasteiger partial charge is 0.461 e. The minimum absolute atomic E-state index is 0.200. The molecule has 0 saturated heterocycles. The van der Waals surface area contributed by atoms with Crippen molar-refractivity contribution in [2.45, 2.75) is 38.9 Å². The highest BCUT2D eigenvalue weighted by molar-refractivity contribution is 5.93. The van der Waals surface area contributed by atoms with Gasteiger partial charge >= 0.3 is 0 Å². The molecule has 3 aromatic rings. The second kappa shape index (κ2) is 7.12. The number of benzene rings is 3. The quantitative estimate of drug-likeness (QED) is 0.588. The summed E-state index contributed by atoms with van der Waals surface area (Å²) in [6, 6.07) is 16.9. The van der Waals surface area contributed by atoms with Crippen LogP contribution >= 0.6 is 0 Å².